The lowest BCUT2D eigenvalue weighted by Crippen LogP contribution is -2.17. The van der Waals surface area contributed by atoms with Gasteiger partial charge in [-0.2, -0.15) is 0 Å². The number of rotatable bonds is 4. The average molecular weight is 128 g/mol. The summed E-state index contributed by atoms with van der Waals surface area (Å²) in [6.45, 7) is 6.87. The Kier molecular flexibility index (Phi) is 3.12. The first-order chi connectivity index (χ1) is 4.18. The van der Waals surface area contributed by atoms with E-state index in [1.54, 1.807) is 0 Å². The number of hydrogen-bond donors (Lipinski definition) is 1. The van der Waals surface area contributed by atoms with E-state index < -0.39 is 4.92 Å². The molecule has 0 atom stereocenters. The summed E-state index contributed by atoms with van der Waals surface area (Å²) < 4.78 is 0. The van der Waals surface area contributed by atoms with E-state index in [0.717, 1.165) is 0 Å². The zero-order chi connectivity index (χ0) is 7.28. The largest absolute Gasteiger partial charge is 0.358 e. The molecule has 0 bridgehead atoms. The SMILES string of the molecule is C=CCNC(=C)[N+](=O)[O-]. The van der Waals surface area contributed by atoms with Crippen LogP contribution in [0.25, 0.3) is 0 Å². The van der Waals surface area contributed by atoms with Crippen LogP contribution in [0.4, 0.5) is 0 Å². The molecule has 0 fully saturated rings. The third-order valence-corrected chi connectivity index (χ3v) is 0.671. The summed E-state index contributed by atoms with van der Waals surface area (Å²) in [5.74, 6) is -0.199. The quantitative estimate of drug-likeness (QED) is 0.341. The molecule has 50 valence electrons. The van der Waals surface area contributed by atoms with Gasteiger partial charge in [-0.25, -0.2) is 0 Å². The maximum Gasteiger partial charge on any atom is 0.309 e. The van der Waals surface area contributed by atoms with Crippen molar-refractivity contribution in [3.63, 3.8) is 0 Å². The van der Waals surface area contributed by atoms with Crippen LogP contribution in [-0.4, -0.2) is 11.5 Å². The highest BCUT2D eigenvalue weighted by atomic mass is 16.6. The van der Waals surface area contributed by atoms with Gasteiger partial charge in [0, 0.05) is 0 Å². The minimum absolute atomic E-state index is 0.199. The van der Waals surface area contributed by atoms with Crippen molar-refractivity contribution in [2.45, 2.75) is 0 Å². The highest BCUT2D eigenvalue weighted by Gasteiger charge is 1.98. The van der Waals surface area contributed by atoms with Gasteiger partial charge >= 0.3 is 5.82 Å². The molecule has 9 heavy (non-hydrogen) atoms. The van der Waals surface area contributed by atoms with Gasteiger partial charge in [-0.15, -0.1) is 0 Å². The Balaban J connectivity index is 3.51. The molecule has 0 radical (unpaired) electrons. The van der Waals surface area contributed by atoms with Crippen molar-refractivity contribution < 1.29 is 4.92 Å². The molecule has 1 N–H and O–H groups in total. The minimum atomic E-state index is -0.580. The second kappa shape index (κ2) is 3.65. The first-order valence-electron chi connectivity index (χ1n) is 2.36. The molecule has 0 unspecified atom stereocenters. The van der Waals surface area contributed by atoms with Crippen LogP contribution in [0.3, 0.4) is 0 Å². The second-order valence-electron chi connectivity index (χ2n) is 1.37. The molecule has 0 aromatic heterocycles. The second-order valence-corrected chi connectivity index (χ2v) is 1.37. The van der Waals surface area contributed by atoms with E-state index in [9.17, 15) is 10.1 Å². The number of hydrogen-bond acceptors (Lipinski definition) is 3. The fourth-order valence-electron chi connectivity index (χ4n) is 0.255. The molecular formula is C5H8N2O2. The standard InChI is InChI=1S/C5H8N2O2/c1-3-4-6-5(2)7(8)9/h3,6H,1-2,4H2. The smallest absolute Gasteiger partial charge is 0.309 e. The Morgan fingerprint density at radius 1 is 1.89 bits per heavy atom. The van der Waals surface area contributed by atoms with Crippen LogP contribution in [0.5, 0.6) is 0 Å². The normalized spacial score (nSPS) is 8.00. The molecule has 4 nitrogen and oxygen atoms in total. The van der Waals surface area contributed by atoms with E-state index in [0.29, 0.717) is 6.54 Å². The summed E-state index contributed by atoms with van der Waals surface area (Å²) in [4.78, 5) is 9.23. The molecule has 0 rings (SSSR count). The van der Waals surface area contributed by atoms with Crippen molar-refractivity contribution in [1.29, 1.82) is 0 Å². The molecule has 0 saturated carbocycles. The summed E-state index contributed by atoms with van der Waals surface area (Å²) in [6, 6.07) is 0. The Morgan fingerprint density at radius 3 is 2.78 bits per heavy atom. The van der Waals surface area contributed by atoms with Gasteiger partial charge in [0.25, 0.3) is 0 Å². The van der Waals surface area contributed by atoms with Crippen LogP contribution in [0, 0.1) is 10.1 Å². The van der Waals surface area contributed by atoms with Crippen molar-refractivity contribution in [1.82, 2.24) is 5.32 Å². The lowest BCUT2D eigenvalue weighted by Gasteiger charge is -1.96. The van der Waals surface area contributed by atoms with Gasteiger partial charge in [0.05, 0.1) is 0 Å². The van der Waals surface area contributed by atoms with Gasteiger partial charge in [-0.1, -0.05) is 12.7 Å². The van der Waals surface area contributed by atoms with E-state index in [-0.39, 0.29) is 5.82 Å². The molecule has 0 aromatic carbocycles. The fraction of sp³-hybridized carbons (Fsp3) is 0.200. The first kappa shape index (κ1) is 7.68. The molecule has 0 heterocycles. The molecule has 0 aromatic rings. The molecule has 0 saturated heterocycles. The van der Waals surface area contributed by atoms with Crippen LogP contribution in [-0.2, 0) is 0 Å². The van der Waals surface area contributed by atoms with Gasteiger partial charge < -0.3 is 10.1 Å². The van der Waals surface area contributed by atoms with E-state index in [2.05, 4.69) is 18.5 Å². The summed E-state index contributed by atoms with van der Waals surface area (Å²) in [7, 11) is 0. The van der Waals surface area contributed by atoms with E-state index in [1.807, 2.05) is 0 Å². The Labute approximate surface area is 53.0 Å². The lowest BCUT2D eigenvalue weighted by atomic mass is 10.6. The van der Waals surface area contributed by atoms with Crippen molar-refractivity contribution in [2.24, 2.45) is 0 Å². The summed E-state index contributed by atoms with van der Waals surface area (Å²) in [5.41, 5.74) is 0. The van der Waals surface area contributed by atoms with Crippen molar-refractivity contribution >= 4 is 0 Å². The Bertz CT molecular complexity index is 142. The highest BCUT2D eigenvalue weighted by molar-refractivity contribution is 4.81. The third kappa shape index (κ3) is 3.28. The highest BCUT2D eigenvalue weighted by Crippen LogP contribution is 1.81. The van der Waals surface area contributed by atoms with Crippen LogP contribution in [0.1, 0.15) is 0 Å². The van der Waals surface area contributed by atoms with E-state index in [1.165, 1.54) is 6.08 Å². The molecule has 0 aliphatic heterocycles. The average Bonchev–Trinajstić information content (AvgIpc) is 1.82. The minimum Gasteiger partial charge on any atom is -0.358 e. The van der Waals surface area contributed by atoms with Gasteiger partial charge in [0.15, 0.2) is 0 Å². The topological polar surface area (TPSA) is 55.2 Å². The molecule has 0 aliphatic carbocycles. The molecule has 0 aliphatic rings. The maximum atomic E-state index is 9.81. The number of nitrogens with one attached hydrogen (secondary N) is 1. The number of nitrogens with zero attached hydrogens (tertiary/aromatic N) is 1. The van der Waals surface area contributed by atoms with E-state index >= 15 is 0 Å². The zero-order valence-electron chi connectivity index (χ0n) is 4.96. The monoisotopic (exact) mass is 128 g/mol. The van der Waals surface area contributed by atoms with Crippen LogP contribution >= 0.6 is 0 Å². The van der Waals surface area contributed by atoms with Crippen LogP contribution in [0.2, 0.25) is 0 Å². The summed E-state index contributed by atoms with van der Waals surface area (Å²) in [5, 5.41) is 12.2. The number of nitro groups is 1. The van der Waals surface area contributed by atoms with Gasteiger partial charge in [0.1, 0.15) is 6.54 Å². The predicted octanol–water partition coefficient (Wildman–Crippen LogP) is 0.510. The van der Waals surface area contributed by atoms with E-state index in [4.69, 9.17) is 0 Å². The van der Waals surface area contributed by atoms with Crippen molar-refractivity contribution in [2.75, 3.05) is 6.54 Å². The maximum absolute atomic E-state index is 9.81. The third-order valence-electron chi connectivity index (χ3n) is 0.671. The molecule has 0 spiro atoms. The molecule has 0 amide bonds. The lowest BCUT2D eigenvalue weighted by molar-refractivity contribution is -0.430. The molecule has 4 heteroatoms. The Hall–Kier alpha value is -1.32. The Morgan fingerprint density at radius 2 is 2.44 bits per heavy atom. The van der Waals surface area contributed by atoms with Gasteiger partial charge in [-0.05, 0) is 11.5 Å². The fourth-order valence-corrected chi connectivity index (χ4v) is 0.255. The van der Waals surface area contributed by atoms with Crippen LogP contribution in [0.15, 0.2) is 25.1 Å². The zero-order valence-corrected chi connectivity index (χ0v) is 4.96. The van der Waals surface area contributed by atoms with Crippen molar-refractivity contribution in [3.8, 4) is 0 Å². The summed E-state index contributed by atoms with van der Waals surface area (Å²) in [6.07, 6.45) is 1.52. The summed E-state index contributed by atoms with van der Waals surface area (Å²) >= 11 is 0. The molecular weight excluding hydrogens is 120 g/mol. The van der Waals surface area contributed by atoms with Crippen molar-refractivity contribution in [3.05, 3.63) is 35.2 Å². The predicted molar refractivity (Wildman–Crippen MR) is 34.3 cm³/mol. The first-order valence-corrected chi connectivity index (χ1v) is 2.36. The van der Waals surface area contributed by atoms with Gasteiger partial charge in [0.2, 0.25) is 0 Å². The van der Waals surface area contributed by atoms with Gasteiger partial charge in [-0.3, -0.25) is 5.32 Å². The van der Waals surface area contributed by atoms with Crippen LogP contribution < -0.4 is 5.32 Å².